The molecule has 9 heteroatoms. The van der Waals surface area contributed by atoms with E-state index in [1.54, 1.807) is 25.3 Å². The number of benzene rings is 1. The van der Waals surface area contributed by atoms with Gasteiger partial charge in [0.25, 0.3) is 0 Å². The molecule has 7 nitrogen and oxygen atoms in total. The molecule has 0 saturated carbocycles. The fraction of sp³-hybridized carbons (Fsp3) is 0.462. The zero-order valence-corrected chi connectivity index (χ0v) is 23.0. The van der Waals surface area contributed by atoms with Gasteiger partial charge in [0.05, 0.1) is 36.8 Å². The molecule has 0 radical (unpaired) electrons. The maximum atomic E-state index is 13.7. The van der Waals surface area contributed by atoms with E-state index in [1.165, 1.54) is 18.2 Å². The van der Waals surface area contributed by atoms with Crippen molar-refractivity contribution in [1.82, 2.24) is 4.98 Å². The van der Waals surface area contributed by atoms with E-state index in [4.69, 9.17) is 9.72 Å². The van der Waals surface area contributed by atoms with Crippen LogP contribution >= 0.6 is 0 Å². The second kappa shape index (κ2) is 14.8. The van der Waals surface area contributed by atoms with Crippen LogP contribution in [0.4, 0.5) is 4.39 Å². The molecule has 2 rings (SSSR count). The van der Waals surface area contributed by atoms with Crippen molar-refractivity contribution in [3.63, 3.8) is 0 Å². The van der Waals surface area contributed by atoms with Gasteiger partial charge in [-0.05, 0) is 29.2 Å². The van der Waals surface area contributed by atoms with E-state index < -0.39 is 24.6 Å². The van der Waals surface area contributed by atoms with Crippen molar-refractivity contribution in [3.8, 4) is 11.1 Å². The monoisotopic (exact) mass is 497 g/mol. The SMILES string of the molecule is COCc1c(C(C)CO)nc(C(C)C)c(/C=C/C(O)CC(O)CC(=O)[O-])c1-c1ccc(F)cc1.[Na+]. The van der Waals surface area contributed by atoms with Crippen LogP contribution in [-0.4, -0.2) is 52.2 Å². The van der Waals surface area contributed by atoms with Crippen LogP contribution in [0.2, 0.25) is 0 Å². The van der Waals surface area contributed by atoms with Crippen LogP contribution in [0.3, 0.4) is 0 Å². The van der Waals surface area contributed by atoms with Crippen molar-refractivity contribution in [2.45, 2.75) is 64.3 Å². The molecular weight excluding hydrogens is 464 g/mol. The number of aliphatic hydroxyl groups is 3. The Kier molecular flexibility index (Phi) is 13.3. The number of pyridine rings is 1. The van der Waals surface area contributed by atoms with Crippen molar-refractivity contribution < 1.29 is 63.9 Å². The number of ether oxygens (including phenoxy) is 1. The summed E-state index contributed by atoms with van der Waals surface area (Å²) in [6, 6.07) is 6.02. The molecule has 1 aromatic carbocycles. The van der Waals surface area contributed by atoms with E-state index in [-0.39, 0.29) is 66.8 Å². The molecule has 0 amide bonds. The molecule has 0 aliphatic heterocycles. The summed E-state index contributed by atoms with van der Waals surface area (Å²) in [4.78, 5) is 15.6. The van der Waals surface area contributed by atoms with E-state index >= 15 is 0 Å². The van der Waals surface area contributed by atoms with Crippen LogP contribution < -0.4 is 34.7 Å². The molecule has 0 bridgehead atoms. The standard InChI is InChI=1S/C26H34FNO6.Na/c1-15(2)25-21(10-9-19(30)11-20(31)12-23(32)33)24(17-5-7-18(27)8-6-17)22(14-34-4)26(28-25)16(3)13-29;/h5-10,15-16,19-20,29-31H,11-14H2,1-4H3,(H,32,33);/q;+1/p-1/b10-9+;. The van der Waals surface area contributed by atoms with Crippen molar-refractivity contribution in [3.05, 3.63) is 58.7 Å². The number of aliphatic carboxylic acids is 1. The Morgan fingerprint density at radius 1 is 1.17 bits per heavy atom. The summed E-state index contributed by atoms with van der Waals surface area (Å²) in [5.41, 5.74) is 4.29. The number of hydrogen-bond donors (Lipinski definition) is 3. The fourth-order valence-electron chi connectivity index (χ4n) is 3.86. The summed E-state index contributed by atoms with van der Waals surface area (Å²) in [5.74, 6) is -2.08. The largest absolute Gasteiger partial charge is 1.00 e. The second-order valence-corrected chi connectivity index (χ2v) is 8.72. The molecule has 186 valence electrons. The summed E-state index contributed by atoms with van der Waals surface area (Å²) >= 11 is 0. The number of aromatic nitrogens is 1. The van der Waals surface area contributed by atoms with Crippen LogP contribution in [0.1, 0.15) is 68.0 Å². The summed E-state index contributed by atoms with van der Waals surface area (Å²) in [6.07, 6.45) is 0.0456. The number of aliphatic hydroxyl groups excluding tert-OH is 3. The maximum absolute atomic E-state index is 13.7. The zero-order valence-electron chi connectivity index (χ0n) is 21.0. The minimum Gasteiger partial charge on any atom is -0.550 e. The number of carbonyl (C=O) groups is 1. The molecule has 2 aromatic rings. The molecular formula is C26H33FNNaO6. The van der Waals surface area contributed by atoms with Gasteiger partial charge in [-0.3, -0.25) is 4.98 Å². The fourth-order valence-corrected chi connectivity index (χ4v) is 3.86. The first-order valence-corrected chi connectivity index (χ1v) is 11.3. The summed E-state index contributed by atoms with van der Waals surface area (Å²) in [6.45, 7) is 5.88. The van der Waals surface area contributed by atoms with E-state index in [2.05, 4.69) is 0 Å². The minimum atomic E-state index is -1.40. The number of carboxylic acids is 1. The molecule has 0 fully saturated rings. The van der Waals surface area contributed by atoms with E-state index in [0.29, 0.717) is 17.0 Å². The number of hydrogen-bond acceptors (Lipinski definition) is 7. The summed E-state index contributed by atoms with van der Waals surface area (Å²) in [7, 11) is 1.55. The van der Waals surface area contributed by atoms with Gasteiger partial charge < -0.3 is 30.0 Å². The van der Waals surface area contributed by atoms with Crippen molar-refractivity contribution in [1.29, 1.82) is 0 Å². The predicted molar refractivity (Wildman–Crippen MR) is 125 cm³/mol. The van der Waals surface area contributed by atoms with Crippen molar-refractivity contribution in [2.75, 3.05) is 13.7 Å². The Labute approximate surface area is 228 Å². The number of carboxylic acid groups (broad SMARTS) is 1. The summed E-state index contributed by atoms with van der Waals surface area (Å²) < 4.78 is 19.2. The minimum absolute atomic E-state index is 0. The third-order valence-corrected chi connectivity index (χ3v) is 5.51. The van der Waals surface area contributed by atoms with Crippen LogP contribution in [0.25, 0.3) is 17.2 Å². The van der Waals surface area contributed by atoms with Crippen LogP contribution in [0.5, 0.6) is 0 Å². The molecule has 1 aromatic heterocycles. The predicted octanol–water partition coefficient (Wildman–Crippen LogP) is -0.478. The Morgan fingerprint density at radius 2 is 1.80 bits per heavy atom. The van der Waals surface area contributed by atoms with Gasteiger partial charge in [-0.15, -0.1) is 0 Å². The second-order valence-electron chi connectivity index (χ2n) is 8.72. The van der Waals surface area contributed by atoms with Gasteiger partial charge in [-0.25, -0.2) is 4.39 Å². The van der Waals surface area contributed by atoms with Crippen molar-refractivity contribution >= 4 is 12.0 Å². The van der Waals surface area contributed by atoms with Gasteiger partial charge >= 0.3 is 29.6 Å². The van der Waals surface area contributed by atoms with Gasteiger partial charge in [0.2, 0.25) is 0 Å². The Hall–Kier alpha value is -1.65. The first-order valence-electron chi connectivity index (χ1n) is 11.3. The first kappa shape index (κ1) is 31.4. The van der Waals surface area contributed by atoms with Crippen LogP contribution in [0.15, 0.2) is 30.3 Å². The maximum Gasteiger partial charge on any atom is 1.00 e. The molecule has 3 N–H and O–H groups in total. The molecule has 0 spiro atoms. The van der Waals surface area contributed by atoms with Crippen molar-refractivity contribution in [2.24, 2.45) is 0 Å². The smallest absolute Gasteiger partial charge is 0.550 e. The van der Waals surface area contributed by atoms with Gasteiger partial charge in [0.15, 0.2) is 0 Å². The molecule has 3 unspecified atom stereocenters. The van der Waals surface area contributed by atoms with Gasteiger partial charge in [0, 0.05) is 43.0 Å². The average Bonchev–Trinajstić information content (AvgIpc) is 2.77. The molecule has 3 atom stereocenters. The molecule has 35 heavy (non-hydrogen) atoms. The van der Waals surface area contributed by atoms with Gasteiger partial charge in [-0.1, -0.05) is 45.1 Å². The third kappa shape index (κ3) is 8.75. The Balaban J connectivity index is 0.00000612. The quantitative estimate of drug-likeness (QED) is 0.339. The molecule has 0 aliphatic rings. The van der Waals surface area contributed by atoms with Gasteiger partial charge in [-0.2, -0.15) is 0 Å². The third-order valence-electron chi connectivity index (χ3n) is 5.51. The molecule has 1 heterocycles. The number of rotatable bonds is 12. The van der Waals surface area contributed by atoms with E-state index in [0.717, 1.165) is 16.7 Å². The number of methoxy groups -OCH3 is 1. The molecule has 0 saturated heterocycles. The van der Waals surface area contributed by atoms with Crippen LogP contribution in [0, 0.1) is 5.82 Å². The molecule has 0 aliphatic carbocycles. The van der Waals surface area contributed by atoms with Gasteiger partial charge in [0.1, 0.15) is 5.82 Å². The Bertz CT molecular complexity index is 996. The number of carbonyl (C=O) groups excluding carboxylic acids is 1. The average molecular weight is 498 g/mol. The van der Waals surface area contributed by atoms with Crippen LogP contribution in [-0.2, 0) is 16.1 Å². The van der Waals surface area contributed by atoms with E-state index in [9.17, 15) is 29.6 Å². The summed E-state index contributed by atoms with van der Waals surface area (Å²) in [5, 5.41) is 40.8. The Morgan fingerprint density at radius 3 is 2.31 bits per heavy atom. The first-order chi connectivity index (χ1) is 16.1. The normalized spacial score (nSPS) is 14.1. The number of halogens is 1. The topological polar surface area (TPSA) is 123 Å². The number of nitrogens with zero attached hydrogens (tertiary/aromatic N) is 1. The van der Waals surface area contributed by atoms with E-state index in [1.807, 2.05) is 20.8 Å². The zero-order chi connectivity index (χ0) is 25.4.